The van der Waals surface area contributed by atoms with Crippen LogP contribution in [-0.2, 0) is 5.75 Å². The maximum absolute atomic E-state index is 12.9. The highest BCUT2D eigenvalue weighted by atomic mass is 32.2. The van der Waals surface area contributed by atoms with Gasteiger partial charge in [-0.15, -0.1) is 11.8 Å². The molecule has 0 radical (unpaired) electrons. The third-order valence-electron chi connectivity index (χ3n) is 5.26. The Morgan fingerprint density at radius 1 is 1.03 bits per heavy atom. The van der Waals surface area contributed by atoms with Crippen LogP contribution in [0.25, 0.3) is 0 Å². The second kappa shape index (κ2) is 9.30. The van der Waals surface area contributed by atoms with Crippen LogP contribution in [0.4, 0.5) is 5.69 Å². The maximum Gasteiger partial charge on any atom is 0.289 e. The highest BCUT2D eigenvalue weighted by molar-refractivity contribution is 7.98. The molecule has 2 heterocycles. The molecular weight excluding hydrogens is 396 g/mol. The molecule has 0 atom stereocenters. The molecule has 1 fully saturated rings. The minimum absolute atomic E-state index is 0.0353. The van der Waals surface area contributed by atoms with Crippen molar-refractivity contribution in [2.45, 2.75) is 17.6 Å². The molecule has 0 bridgehead atoms. The van der Waals surface area contributed by atoms with Crippen molar-refractivity contribution in [1.29, 1.82) is 0 Å². The van der Waals surface area contributed by atoms with Gasteiger partial charge in [-0.3, -0.25) is 4.79 Å². The lowest BCUT2D eigenvalue weighted by molar-refractivity contribution is 0.0713. The molecule has 6 heteroatoms. The van der Waals surface area contributed by atoms with Crippen LogP contribution in [0.1, 0.15) is 21.9 Å². The van der Waals surface area contributed by atoms with E-state index in [1.807, 2.05) is 29.2 Å². The Bertz CT molecular complexity index is 992. The first kappa shape index (κ1) is 20.4. The molecule has 1 aromatic heterocycles. The molecule has 0 unspecified atom stereocenters. The molecule has 4 rings (SSSR count). The largest absolute Gasteiger partial charge is 0.497 e. The molecule has 1 saturated heterocycles. The second-order valence-electron chi connectivity index (χ2n) is 7.35. The number of ether oxygens (including phenoxy) is 1. The number of furan rings is 1. The molecule has 0 spiro atoms. The Labute approximate surface area is 181 Å². The minimum atomic E-state index is -0.0353. The maximum atomic E-state index is 12.9. The van der Waals surface area contributed by atoms with E-state index in [0.29, 0.717) is 24.6 Å². The second-order valence-corrected chi connectivity index (χ2v) is 8.40. The Morgan fingerprint density at radius 2 is 1.80 bits per heavy atom. The van der Waals surface area contributed by atoms with Gasteiger partial charge < -0.3 is 19.0 Å². The van der Waals surface area contributed by atoms with Crippen LogP contribution < -0.4 is 9.64 Å². The average molecular weight is 423 g/mol. The van der Waals surface area contributed by atoms with Crippen molar-refractivity contribution in [2.24, 2.45) is 0 Å². The number of rotatable bonds is 6. The monoisotopic (exact) mass is 422 g/mol. The van der Waals surface area contributed by atoms with Crippen LogP contribution >= 0.6 is 11.8 Å². The van der Waals surface area contributed by atoms with Crippen LogP contribution in [0, 0.1) is 6.92 Å². The molecule has 0 N–H and O–H groups in total. The van der Waals surface area contributed by atoms with Crippen molar-refractivity contribution < 1.29 is 13.9 Å². The van der Waals surface area contributed by atoms with E-state index in [2.05, 4.69) is 42.2 Å². The lowest BCUT2D eigenvalue weighted by atomic mass is 10.2. The molecule has 1 aliphatic rings. The fourth-order valence-electron chi connectivity index (χ4n) is 3.49. The van der Waals surface area contributed by atoms with E-state index in [1.54, 1.807) is 24.9 Å². The van der Waals surface area contributed by atoms with Crippen LogP contribution in [0.3, 0.4) is 0 Å². The summed E-state index contributed by atoms with van der Waals surface area (Å²) < 4.78 is 11.2. The van der Waals surface area contributed by atoms with Crippen LogP contribution in [0.2, 0.25) is 0 Å². The number of carbonyl (C=O) groups excluding carboxylic acids is 1. The molecule has 0 aliphatic carbocycles. The van der Waals surface area contributed by atoms with Gasteiger partial charge in [0.2, 0.25) is 0 Å². The Hall–Kier alpha value is -2.86. The van der Waals surface area contributed by atoms with Gasteiger partial charge in [-0.25, -0.2) is 0 Å². The molecule has 1 amide bonds. The zero-order valence-electron chi connectivity index (χ0n) is 17.3. The zero-order valence-corrected chi connectivity index (χ0v) is 18.2. The normalized spacial score (nSPS) is 14.1. The van der Waals surface area contributed by atoms with Gasteiger partial charge in [0, 0.05) is 42.8 Å². The Kier molecular flexibility index (Phi) is 6.33. The van der Waals surface area contributed by atoms with Crippen LogP contribution in [0.15, 0.2) is 70.0 Å². The van der Waals surface area contributed by atoms with Gasteiger partial charge in [0.1, 0.15) is 11.5 Å². The van der Waals surface area contributed by atoms with E-state index in [4.69, 9.17) is 9.15 Å². The fourth-order valence-corrected chi connectivity index (χ4v) is 4.28. The molecule has 30 heavy (non-hydrogen) atoms. The van der Waals surface area contributed by atoms with E-state index in [-0.39, 0.29) is 5.91 Å². The minimum Gasteiger partial charge on any atom is -0.497 e. The van der Waals surface area contributed by atoms with E-state index in [1.165, 1.54) is 10.5 Å². The van der Waals surface area contributed by atoms with Gasteiger partial charge in [0.05, 0.1) is 12.9 Å². The third-order valence-corrected chi connectivity index (χ3v) is 6.29. The number of anilines is 1. The number of aryl methyl sites for hydroxylation is 1. The summed E-state index contributed by atoms with van der Waals surface area (Å²) in [6, 6.07) is 20.2. The summed E-state index contributed by atoms with van der Waals surface area (Å²) >= 11 is 1.71. The number of methoxy groups -OCH3 is 1. The van der Waals surface area contributed by atoms with Crippen molar-refractivity contribution in [3.8, 4) is 5.75 Å². The fraction of sp³-hybridized carbons (Fsp3) is 0.292. The predicted octanol–water partition coefficient (Wildman–Crippen LogP) is 4.85. The number of hydrogen-bond donors (Lipinski definition) is 0. The molecular formula is C24H26N2O3S. The average Bonchev–Trinajstić information content (AvgIpc) is 3.27. The Morgan fingerprint density at radius 3 is 2.53 bits per heavy atom. The lowest BCUT2D eigenvalue weighted by Gasteiger charge is -2.35. The number of nitrogens with zero attached hydrogens (tertiary/aromatic N) is 2. The summed E-state index contributed by atoms with van der Waals surface area (Å²) in [4.78, 5) is 18.2. The number of thioether (sulfide) groups is 1. The molecule has 156 valence electrons. The molecule has 5 nitrogen and oxygen atoms in total. The summed E-state index contributed by atoms with van der Waals surface area (Å²) in [6.07, 6.45) is 0. The number of amides is 1. The zero-order chi connectivity index (χ0) is 20.9. The first-order valence-electron chi connectivity index (χ1n) is 10.1. The summed E-state index contributed by atoms with van der Waals surface area (Å²) in [5.74, 6) is 2.76. The van der Waals surface area contributed by atoms with E-state index in [0.717, 1.165) is 30.3 Å². The number of benzene rings is 2. The summed E-state index contributed by atoms with van der Waals surface area (Å²) in [7, 11) is 1.67. The van der Waals surface area contributed by atoms with Crippen molar-refractivity contribution in [2.75, 3.05) is 38.2 Å². The van der Waals surface area contributed by atoms with Crippen LogP contribution in [-0.4, -0.2) is 44.1 Å². The Balaban J connectivity index is 1.31. The number of piperazine rings is 1. The van der Waals surface area contributed by atoms with E-state index >= 15 is 0 Å². The predicted molar refractivity (Wildman–Crippen MR) is 121 cm³/mol. The SMILES string of the molecule is COc1cccc(N2CCN(C(=O)c3ccc(CSc4ccc(C)cc4)o3)CC2)c1. The lowest BCUT2D eigenvalue weighted by Crippen LogP contribution is -2.48. The van der Waals surface area contributed by atoms with Gasteiger partial charge in [-0.2, -0.15) is 0 Å². The van der Waals surface area contributed by atoms with Crippen molar-refractivity contribution >= 4 is 23.4 Å². The van der Waals surface area contributed by atoms with Gasteiger partial charge in [0.15, 0.2) is 5.76 Å². The first-order valence-corrected chi connectivity index (χ1v) is 11.1. The van der Waals surface area contributed by atoms with Crippen LogP contribution in [0.5, 0.6) is 5.75 Å². The first-order chi connectivity index (χ1) is 14.6. The van der Waals surface area contributed by atoms with Crippen molar-refractivity contribution in [3.05, 3.63) is 77.7 Å². The number of carbonyl (C=O) groups is 1. The summed E-state index contributed by atoms with van der Waals surface area (Å²) in [5, 5.41) is 0. The van der Waals surface area contributed by atoms with E-state index in [9.17, 15) is 4.79 Å². The highest BCUT2D eigenvalue weighted by Gasteiger charge is 2.24. The molecule has 3 aromatic rings. The third kappa shape index (κ3) is 4.82. The van der Waals surface area contributed by atoms with Gasteiger partial charge in [-0.1, -0.05) is 23.8 Å². The number of hydrogen-bond acceptors (Lipinski definition) is 5. The molecule has 2 aromatic carbocycles. The van der Waals surface area contributed by atoms with Gasteiger partial charge in [0.25, 0.3) is 5.91 Å². The van der Waals surface area contributed by atoms with Crippen molar-refractivity contribution in [1.82, 2.24) is 4.90 Å². The van der Waals surface area contributed by atoms with E-state index < -0.39 is 0 Å². The highest BCUT2D eigenvalue weighted by Crippen LogP contribution is 2.25. The van der Waals surface area contributed by atoms with Crippen molar-refractivity contribution in [3.63, 3.8) is 0 Å². The molecule has 1 aliphatic heterocycles. The standard InChI is InChI=1S/C24H26N2O3S/c1-18-6-9-22(10-7-18)30-17-21-8-11-23(29-21)24(27)26-14-12-25(13-15-26)19-4-3-5-20(16-19)28-2/h3-11,16H,12-15,17H2,1-2H3. The molecule has 0 saturated carbocycles. The topological polar surface area (TPSA) is 45.9 Å². The van der Waals surface area contributed by atoms with Gasteiger partial charge in [-0.05, 0) is 43.3 Å². The van der Waals surface area contributed by atoms with Gasteiger partial charge >= 0.3 is 0 Å². The summed E-state index contributed by atoms with van der Waals surface area (Å²) in [6.45, 7) is 5.00. The quantitative estimate of drug-likeness (QED) is 0.532. The smallest absolute Gasteiger partial charge is 0.289 e. The summed E-state index contributed by atoms with van der Waals surface area (Å²) in [5.41, 5.74) is 2.37.